The third-order valence-electron chi connectivity index (χ3n) is 12.2. The van der Waals surface area contributed by atoms with Crippen LogP contribution in [0.2, 0.25) is 0 Å². The molecule has 0 bridgehead atoms. The molecule has 2 heteroatoms. The van der Waals surface area contributed by atoms with Gasteiger partial charge >= 0.3 is 0 Å². The Balaban J connectivity index is 1.05. The predicted octanol–water partition coefficient (Wildman–Crippen LogP) is 14.5. The number of fused-ring (bicyclic) bond motifs is 9. The lowest BCUT2D eigenvalue weighted by Gasteiger charge is -2.19. The van der Waals surface area contributed by atoms with Crippen molar-refractivity contribution in [1.29, 1.82) is 0 Å². The van der Waals surface area contributed by atoms with E-state index in [1.54, 1.807) is 0 Å². The maximum Gasteiger partial charge on any atom is 0.0541 e. The molecule has 12 rings (SSSR count). The summed E-state index contributed by atoms with van der Waals surface area (Å²) in [5.41, 5.74) is 13.9. The van der Waals surface area contributed by atoms with Gasteiger partial charge in [-0.05, 0) is 87.0 Å². The zero-order valence-electron chi connectivity index (χ0n) is 30.8. The summed E-state index contributed by atoms with van der Waals surface area (Å²) in [4.78, 5) is 0. The van der Waals surface area contributed by atoms with Crippen LogP contribution < -0.4 is 0 Å². The molecular weight excluding hydrogens is 677 g/mol. The van der Waals surface area contributed by atoms with Crippen LogP contribution in [-0.4, -0.2) is 9.13 Å². The number of nitrogens with zero attached hydrogens (tertiary/aromatic N) is 2. The highest BCUT2D eigenvalue weighted by Crippen LogP contribution is 2.44. The summed E-state index contributed by atoms with van der Waals surface area (Å²) in [6.45, 7) is 0. The van der Waals surface area contributed by atoms with Gasteiger partial charge in [-0.15, -0.1) is 0 Å². The predicted molar refractivity (Wildman–Crippen MR) is 238 cm³/mol. The smallest absolute Gasteiger partial charge is 0.0541 e. The highest BCUT2D eigenvalue weighted by Gasteiger charge is 2.22. The van der Waals surface area contributed by atoms with Gasteiger partial charge in [-0.2, -0.15) is 0 Å². The van der Waals surface area contributed by atoms with Crippen molar-refractivity contribution in [1.82, 2.24) is 9.13 Å². The van der Waals surface area contributed by atoms with Crippen molar-refractivity contribution >= 4 is 71.1 Å². The molecule has 1 aliphatic rings. The van der Waals surface area contributed by atoms with Gasteiger partial charge in [-0.1, -0.05) is 164 Å². The monoisotopic (exact) mass is 712 g/mol. The van der Waals surface area contributed by atoms with Crippen LogP contribution >= 0.6 is 0 Å². The van der Waals surface area contributed by atoms with Crippen molar-refractivity contribution in [3.05, 3.63) is 199 Å². The van der Waals surface area contributed by atoms with Crippen LogP contribution in [0.4, 0.5) is 0 Å². The molecule has 0 fully saturated rings. The van der Waals surface area contributed by atoms with Crippen LogP contribution in [-0.2, 0) is 6.42 Å². The van der Waals surface area contributed by atoms with Crippen LogP contribution in [0.15, 0.2) is 188 Å². The first-order valence-electron chi connectivity index (χ1n) is 19.7. The van der Waals surface area contributed by atoms with Gasteiger partial charge in [-0.3, -0.25) is 0 Å². The Kier molecular flexibility index (Phi) is 6.79. The molecule has 1 aliphatic carbocycles. The number of aromatic nitrogens is 2. The lowest BCUT2D eigenvalue weighted by Crippen LogP contribution is -2.04. The quantitative estimate of drug-likeness (QED) is 0.172. The minimum atomic E-state index is 1.04. The number of hydrogen-bond donors (Lipinski definition) is 0. The molecular formula is C54H36N2. The summed E-state index contributed by atoms with van der Waals surface area (Å²) in [5, 5.41) is 11.4. The molecule has 9 aromatic carbocycles. The minimum Gasteiger partial charge on any atom is -0.312 e. The highest BCUT2D eigenvalue weighted by atomic mass is 15.0. The molecule has 2 aromatic heterocycles. The van der Waals surface area contributed by atoms with Crippen molar-refractivity contribution < 1.29 is 0 Å². The molecule has 0 N–H and O–H groups in total. The van der Waals surface area contributed by atoms with E-state index < -0.39 is 0 Å². The van der Waals surface area contributed by atoms with Gasteiger partial charge < -0.3 is 9.13 Å². The Morgan fingerprint density at radius 1 is 0.304 bits per heavy atom. The lowest BCUT2D eigenvalue weighted by atomic mass is 9.88. The van der Waals surface area contributed by atoms with Crippen LogP contribution in [0.1, 0.15) is 17.7 Å². The first-order valence-corrected chi connectivity index (χ1v) is 19.7. The van der Waals surface area contributed by atoms with Crippen LogP contribution in [0.25, 0.3) is 105 Å². The SMILES string of the molecule is C1=Cc2c(n(-c3ccc(-c4ccc(-c5ccc(-n6c7ccccc7c7ccccc76)c6ccccc56)c5ccccc45)c4ccccc34)c3ccccc23)CC1. The Morgan fingerprint density at radius 3 is 1.16 bits per heavy atom. The Labute approximate surface area is 324 Å². The Morgan fingerprint density at radius 2 is 0.661 bits per heavy atom. The van der Waals surface area contributed by atoms with E-state index in [1.807, 2.05) is 0 Å². The van der Waals surface area contributed by atoms with Crippen molar-refractivity contribution in [3.8, 4) is 33.6 Å². The van der Waals surface area contributed by atoms with Crippen molar-refractivity contribution in [2.24, 2.45) is 0 Å². The van der Waals surface area contributed by atoms with E-state index in [4.69, 9.17) is 0 Å². The van der Waals surface area contributed by atoms with E-state index in [0.29, 0.717) is 0 Å². The van der Waals surface area contributed by atoms with Crippen LogP contribution in [0.3, 0.4) is 0 Å². The topological polar surface area (TPSA) is 9.86 Å². The molecule has 56 heavy (non-hydrogen) atoms. The Bertz CT molecular complexity index is 3370. The fourth-order valence-electron chi connectivity index (χ4n) is 9.82. The number of para-hydroxylation sites is 3. The van der Waals surface area contributed by atoms with E-state index in [-0.39, 0.29) is 0 Å². The maximum absolute atomic E-state index is 2.52. The van der Waals surface area contributed by atoms with Gasteiger partial charge in [0.25, 0.3) is 0 Å². The molecule has 262 valence electrons. The largest absolute Gasteiger partial charge is 0.312 e. The van der Waals surface area contributed by atoms with Gasteiger partial charge in [0.05, 0.1) is 27.9 Å². The maximum atomic E-state index is 2.52. The van der Waals surface area contributed by atoms with Crippen molar-refractivity contribution in [3.63, 3.8) is 0 Å². The number of allylic oxidation sites excluding steroid dienone is 1. The van der Waals surface area contributed by atoms with Crippen LogP contribution in [0.5, 0.6) is 0 Å². The van der Waals surface area contributed by atoms with E-state index in [9.17, 15) is 0 Å². The highest BCUT2D eigenvalue weighted by molar-refractivity contribution is 6.15. The van der Waals surface area contributed by atoms with Gasteiger partial charge in [0.2, 0.25) is 0 Å². The fraction of sp³-hybridized carbons (Fsp3) is 0.0370. The second-order valence-corrected chi connectivity index (χ2v) is 15.1. The van der Waals surface area contributed by atoms with Crippen molar-refractivity contribution in [2.75, 3.05) is 0 Å². The van der Waals surface area contributed by atoms with Gasteiger partial charge in [0, 0.05) is 38.2 Å². The first kappa shape index (κ1) is 31.2. The minimum absolute atomic E-state index is 1.04. The molecule has 0 saturated heterocycles. The number of benzene rings is 9. The molecule has 11 aromatic rings. The Hall–Kier alpha value is -7.16. The zero-order valence-corrected chi connectivity index (χ0v) is 30.8. The van der Waals surface area contributed by atoms with E-state index >= 15 is 0 Å². The molecule has 0 saturated carbocycles. The van der Waals surface area contributed by atoms with E-state index in [1.165, 1.54) is 110 Å². The molecule has 0 atom stereocenters. The first-order chi connectivity index (χ1) is 27.8. The third kappa shape index (κ3) is 4.44. The molecule has 2 nitrogen and oxygen atoms in total. The lowest BCUT2D eigenvalue weighted by molar-refractivity contribution is 0.892. The molecule has 0 radical (unpaired) electrons. The second kappa shape index (κ2) is 12.2. The third-order valence-corrected chi connectivity index (χ3v) is 12.2. The van der Waals surface area contributed by atoms with Gasteiger partial charge in [0.1, 0.15) is 0 Å². The van der Waals surface area contributed by atoms with E-state index in [2.05, 4.69) is 203 Å². The molecule has 0 unspecified atom stereocenters. The van der Waals surface area contributed by atoms with Gasteiger partial charge in [0.15, 0.2) is 0 Å². The summed E-state index contributed by atoms with van der Waals surface area (Å²) in [5.74, 6) is 0. The van der Waals surface area contributed by atoms with Gasteiger partial charge in [-0.25, -0.2) is 0 Å². The van der Waals surface area contributed by atoms with E-state index in [0.717, 1.165) is 12.8 Å². The summed E-state index contributed by atoms with van der Waals surface area (Å²) >= 11 is 0. The van der Waals surface area contributed by atoms with Crippen LogP contribution in [0, 0.1) is 0 Å². The average Bonchev–Trinajstić information content (AvgIpc) is 3.78. The molecule has 2 heterocycles. The van der Waals surface area contributed by atoms with Crippen molar-refractivity contribution in [2.45, 2.75) is 12.8 Å². The summed E-state index contributed by atoms with van der Waals surface area (Å²) < 4.78 is 4.96. The molecule has 0 amide bonds. The zero-order chi connectivity index (χ0) is 36.7. The standard InChI is InChI=1S/C54H36N2/c1-2-16-36-35(15-1)39(41-31-33-53(43-19-5-3-17-37(41)43)55-49-25-11-7-21-45(49)46-22-8-12-26-50(46)55)29-30-40(36)42-32-34-54(44-20-6-4-18-38(42)44)56-51-27-13-9-23-47(51)48-24-10-14-28-52(48)56/h1-13,15-27,29-34H,14,28H2. The fourth-order valence-corrected chi connectivity index (χ4v) is 9.82. The summed E-state index contributed by atoms with van der Waals surface area (Å²) in [7, 11) is 0. The second-order valence-electron chi connectivity index (χ2n) is 15.1. The molecule has 0 aliphatic heterocycles. The average molecular weight is 713 g/mol. The number of hydrogen-bond acceptors (Lipinski definition) is 0. The molecule has 0 spiro atoms. The number of rotatable bonds is 4. The summed E-state index contributed by atoms with van der Waals surface area (Å²) in [6, 6.07) is 67.3. The summed E-state index contributed by atoms with van der Waals surface area (Å²) in [6.07, 6.45) is 6.74. The normalized spacial score (nSPS) is 12.8.